The SMILES string of the molecule is CC(C)C(O)CN1CC(N2CCNC2=O)C1. The second-order valence-electron chi connectivity index (χ2n) is 5.11. The molecule has 5 heteroatoms. The summed E-state index contributed by atoms with van der Waals surface area (Å²) in [6, 6.07) is 0.413. The zero-order valence-corrected chi connectivity index (χ0v) is 10.0. The normalized spacial score (nSPS) is 24.8. The minimum absolute atomic E-state index is 0.0639. The minimum Gasteiger partial charge on any atom is -0.392 e. The second-order valence-corrected chi connectivity index (χ2v) is 5.11. The topological polar surface area (TPSA) is 55.8 Å². The van der Waals surface area contributed by atoms with Gasteiger partial charge in [0.15, 0.2) is 0 Å². The Bertz CT molecular complexity index is 264. The van der Waals surface area contributed by atoms with E-state index in [0.29, 0.717) is 12.0 Å². The molecule has 2 aliphatic rings. The first-order valence-electron chi connectivity index (χ1n) is 6.03. The molecular formula is C11H21N3O2. The largest absolute Gasteiger partial charge is 0.392 e. The van der Waals surface area contributed by atoms with Crippen LogP contribution in [-0.2, 0) is 0 Å². The van der Waals surface area contributed by atoms with Gasteiger partial charge in [-0.3, -0.25) is 4.90 Å². The van der Waals surface area contributed by atoms with Crippen LogP contribution in [0.5, 0.6) is 0 Å². The van der Waals surface area contributed by atoms with Gasteiger partial charge in [-0.1, -0.05) is 13.8 Å². The number of aliphatic hydroxyl groups is 1. The van der Waals surface area contributed by atoms with Crippen molar-refractivity contribution >= 4 is 6.03 Å². The lowest BCUT2D eigenvalue weighted by atomic mass is 10.0. The number of hydrogen-bond acceptors (Lipinski definition) is 3. The van der Waals surface area contributed by atoms with Gasteiger partial charge < -0.3 is 15.3 Å². The van der Waals surface area contributed by atoms with Crippen molar-refractivity contribution in [2.45, 2.75) is 26.0 Å². The summed E-state index contributed by atoms with van der Waals surface area (Å²) in [4.78, 5) is 15.5. The smallest absolute Gasteiger partial charge is 0.317 e. The van der Waals surface area contributed by atoms with E-state index in [1.165, 1.54) is 0 Å². The lowest BCUT2D eigenvalue weighted by Crippen LogP contribution is -2.61. The van der Waals surface area contributed by atoms with Crippen LogP contribution in [0.15, 0.2) is 0 Å². The fourth-order valence-corrected chi connectivity index (χ4v) is 2.20. The molecule has 0 radical (unpaired) electrons. The van der Waals surface area contributed by atoms with Gasteiger partial charge in [-0.05, 0) is 5.92 Å². The third kappa shape index (κ3) is 2.30. The summed E-state index contributed by atoms with van der Waals surface area (Å²) in [6.07, 6.45) is -0.256. The molecule has 0 spiro atoms. The van der Waals surface area contributed by atoms with Gasteiger partial charge in [0.1, 0.15) is 0 Å². The van der Waals surface area contributed by atoms with Crippen LogP contribution in [-0.4, -0.2) is 65.8 Å². The summed E-state index contributed by atoms with van der Waals surface area (Å²) in [7, 11) is 0. The number of urea groups is 1. The number of carbonyl (C=O) groups excluding carboxylic acids is 1. The molecule has 1 atom stereocenters. The van der Waals surface area contributed by atoms with Gasteiger partial charge in [0.2, 0.25) is 0 Å². The fraction of sp³-hybridized carbons (Fsp3) is 0.909. The molecule has 2 amide bonds. The summed E-state index contributed by atoms with van der Waals surface area (Å²) in [6.45, 7) is 8.16. The highest BCUT2D eigenvalue weighted by Gasteiger charge is 2.37. The van der Waals surface area contributed by atoms with Crippen LogP contribution >= 0.6 is 0 Å². The molecule has 2 aliphatic heterocycles. The molecular weight excluding hydrogens is 206 g/mol. The van der Waals surface area contributed by atoms with Crippen LogP contribution in [0, 0.1) is 5.92 Å². The highest BCUT2D eigenvalue weighted by atomic mass is 16.3. The van der Waals surface area contributed by atoms with E-state index in [1.54, 1.807) is 0 Å². The molecule has 0 aliphatic carbocycles. The Kier molecular flexibility index (Phi) is 3.35. The number of likely N-dealkylation sites (tertiary alicyclic amines) is 1. The standard InChI is InChI=1S/C11H21N3O2/c1-8(2)10(15)7-13-5-9(6-13)14-4-3-12-11(14)16/h8-10,15H,3-7H2,1-2H3,(H,12,16). The van der Waals surface area contributed by atoms with E-state index in [1.807, 2.05) is 18.7 Å². The number of amides is 2. The van der Waals surface area contributed by atoms with E-state index in [0.717, 1.165) is 32.7 Å². The molecule has 1 unspecified atom stereocenters. The highest BCUT2D eigenvalue weighted by Crippen LogP contribution is 2.18. The van der Waals surface area contributed by atoms with Crippen molar-refractivity contribution in [3.05, 3.63) is 0 Å². The second kappa shape index (κ2) is 4.59. The molecule has 0 bridgehead atoms. The third-order valence-corrected chi connectivity index (χ3v) is 3.48. The van der Waals surface area contributed by atoms with Crippen molar-refractivity contribution in [2.75, 3.05) is 32.7 Å². The Morgan fingerprint density at radius 2 is 2.19 bits per heavy atom. The molecule has 2 heterocycles. The Balaban J connectivity index is 1.71. The molecule has 0 aromatic carbocycles. The van der Waals surface area contributed by atoms with Crippen LogP contribution in [0.25, 0.3) is 0 Å². The van der Waals surface area contributed by atoms with Crippen molar-refractivity contribution < 1.29 is 9.90 Å². The fourth-order valence-electron chi connectivity index (χ4n) is 2.20. The van der Waals surface area contributed by atoms with Crippen LogP contribution in [0.4, 0.5) is 4.79 Å². The maximum atomic E-state index is 11.4. The van der Waals surface area contributed by atoms with E-state index in [2.05, 4.69) is 10.2 Å². The summed E-state index contributed by atoms with van der Waals surface area (Å²) >= 11 is 0. The predicted molar refractivity (Wildman–Crippen MR) is 61.2 cm³/mol. The van der Waals surface area contributed by atoms with Crippen molar-refractivity contribution in [1.29, 1.82) is 0 Å². The average Bonchev–Trinajstić information content (AvgIpc) is 2.56. The van der Waals surface area contributed by atoms with E-state index in [-0.39, 0.29) is 12.1 Å². The van der Waals surface area contributed by atoms with Gasteiger partial charge in [-0.15, -0.1) is 0 Å². The molecule has 16 heavy (non-hydrogen) atoms. The first-order chi connectivity index (χ1) is 7.58. The average molecular weight is 227 g/mol. The van der Waals surface area contributed by atoms with E-state index in [9.17, 15) is 9.90 Å². The Morgan fingerprint density at radius 1 is 1.50 bits per heavy atom. The zero-order chi connectivity index (χ0) is 11.7. The number of rotatable bonds is 4. The molecule has 2 rings (SSSR count). The first-order valence-corrected chi connectivity index (χ1v) is 6.03. The van der Waals surface area contributed by atoms with Crippen molar-refractivity contribution in [3.63, 3.8) is 0 Å². The Hall–Kier alpha value is -0.810. The van der Waals surface area contributed by atoms with Crippen molar-refractivity contribution in [3.8, 4) is 0 Å². The van der Waals surface area contributed by atoms with E-state index >= 15 is 0 Å². The number of hydrogen-bond donors (Lipinski definition) is 2. The number of aliphatic hydroxyl groups excluding tert-OH is 1. The zero-order valence-electron chi connectivity index (χ0n) is 10.0. The first kappa shape index (κ1) is 11.7. The van der Waals surface area contributed by atoms with Gasteiger partial charge in [0, 0.05) is 32.7 Å². The minimum atomic E-state index is -0.256. The highest BCUT2D eigenvalue weighted by molar-refractivity contribution is 5.76. The summed E-state index contributed by atoms with van der Waals surface area (Å²) < 4.78 is 0. The van der Waals surface area contributed by atoms with Crippen LogP contribution in [0.1, 0.15) is 13.8 Å². The van der Waals surface area contributed by atoms with E-state index in [4.69, 9.17) is 0 Å². The van der Waals surface area contributed by atoms with Gasteiger partial charge in [0.05, 0.1) is 12.1 Å². The van der Waals surface area contributed by atoms with E-state index < -0.39 is 0 Å². The molecule has 0 aromatic heterocycles. The molecule has 2 N–H and O–H groups in total. The quantitative estimate of drug-likeness (QED) is 0.694. The third-order valence-electron chi connectivity index (χ3n) is 3.48. The number of β-amino-alcohol motifs (C(OH)–C–C–N with tert-alkyl or cyclic N) is 1. The summed E-state index contributed by atoms with van der Waals surface area (Å²) in [5.74, 6) is 0.300. The summed E-state index contributed by atoms with van der Waals surface area (Å²) in [5, 5.41) is 12.5. The molecule has 2 fully saturated rings. The summed E-state index contributed by atoms with van der Waals surface area (Å²) in [5.41, 5.74) is 0. The lowest BCUT2D eigenvalue weighted by molar-refractivity contribution is 0.00998. The van der Waals surface area contributed by atoms with Crippen LogP contribution < -0.4 is 5.32 Å². The maximum absolute atomic E-state index is 11.4. The van der Waals surface area contributed by atoms with Crippen molar-refractivity contribution in [2.24, 2.45) is 5.92 Å². The number of nitrogens with zero attached hydrogens (tertiary/aromatic N) is 2. The Morgan fingerprint density at radius 3 is 2.69 bits per heavy atom. The van der Waals surface area contributed by atoms with Crippen LogP contribution in [0.3, 0.4) is 0 Å². The monoisotopic (exact) mass is 227 g/mol. The molecule has 2 saturated heterocycles. The van der Waals surface area contributed by atoms with Crippen molar-refractivity contribution in [1.82, 2.24) is 15.1 Å². The predicted octanol–water partition coefficient (Wildman–Crippen LogP) is -0.287. The van der Waals surface area contributed by atoms with Crippen LogP contribution in [0.2, 0.25) is 0 Å². The van der Waals surface area contributed by atoms with Gasteiger partial charge in [-0.2, -0.15) is 0 Å². The molecule has 0 saturated carbocycles. The lowest BCUT2D eigenvalue weighted by Gasteiger charge is -2.44. The molecule has 0 aromatic rings. The van der Waals surface area contributed by atoms with Gasteiger partial charge in [-0.25, -0.2) is 4.79 Å². The number of nitrogens with one attached hydrogen (secondary N) is 1. The number of carbonyl (C=O) groups is 1. The molecule has 92 valence electrons. The maximum Gasteiger partial charge on any atom is 0.317 e. The molecule has 5 nitrogen and oxygen atoms in total. The van der Waals surface area contributed by atoms with Gasteiger partial charge in [0.25, 0.3) is 0 Å². The van der Waals surface area contributed by atoms with Gasteiger partial charge >= 0.3 is 6.03 Å². The Labute approximate surface area is 96.4 Å².